The number of hydrogen-bond acceptors (Lipinski definition) is 10. The zero-order chi connectivity index (χ0) is 54.0. The fraction of sp³-hybridized carbons (Fsp3) is 0.984. The van der Waals surface area contributed by atoms with E-state index in [1.807, 2.05) is 0 Å². The predicted octanol–water partition coefficient (Wildman–Crippen LogP) is 14.5. The van der Waals surface area contributed by atoms with Gasteiger partial charge in [0.25, 0.3) is 0 Å². The molecule has 1 fully saturated rings. The summed E-state index contributed by atoms with van der Waals surface area (Å²) in [5.74, 6) is -0.688. The first kappa shape index (κ1) is 71.1. The lowest BCUT2D eigenvalue weighted by Crippen LogP contribution is -2.60. The van der Waals surface area contributed by atoms with Gasteiger partial charge in [0.15, 0.2) is 6.29 Å². The van der Waals surface area contributed by atoms with Crippen LogP contribution in [0.25, 0.3) is 0 Å². The van der Waals surface area contributed by atoms with Crippen LogP contribution in [0.1, 0.15) is 328 Å². The van der Waals surface area contributed by atoms with Gasteiger partial charge in [-0.05, 0) is 12.8 Å². The van der Waals surface area contributed by atoms with Crippen LogP contribution < -0.4 is 5.32 Å². The highest BCUT2D eigenvalue weighted by Gasteiger charge is 2.44. The van der Waals surface area contributed by atoms with E-state index in [1.165, 1.54) is 250 Å². The quantitative estimate of drug-likeness (QED) is 0.0272. The third kappa shape index (κ3) is 40.3. The van der Waals surface area contributed by atoms with Crippen molar-refractivity contribution in [2.75, 3.05) is 13.2 Å². The molecule has 442 valence electrons. The molecule has 1 heterocycles. The molecular weight excluding hydrogens is 931 g/mol. The first-order valence-corrected chi connectivity index (χ1v) is 32.4. The van der Waals surface area contributed by atoms with Gasteiger partial charge < -0.3 is 50.5 Å². The molecule has 1 aliphatic heterocycles. The Morgan fingerprint density at radius 2 is 0.703 bits per heavy atom. The minimum atomic E-state index is -1.66. The molecule has 0 aromatic carbocycles. The van der Waals surface area contributed by atoms with E-state index in [0.717, 1.165) is 38.5 Å². The third-order valence-electron chi connectivity index (χ3n) is 16.2. The highest BCUT2D eigenvalue weighted by molar-refractivity contribution is 5.80. The number of amides is 1. The van der Waals surface area contributed by atoms with Crippen LogP contribution in [0.4, 0.5) is 0 Å². The highest BCUT2D eigenvalue weighted by atomic mass is 16.7. The van der Waals surface area contributed by atoms with E-state index in [-0.39, 0.29) is 6.42 Å². The van der Waals surface area contributed by atoms with E-state index < -0.39 is 74.2 Å². The van der Waals surface area contributed by atoms with Crippen LogP contribution in [0.5, 0.6) is 0 Å². The molecule has 11 nitrogen and oxygen atoms in total. The molecule has 0 saturated carbocycles. The zero-order valence-electron chi connectivity index (χ0n) is 48.6. The smallest absolute Gasteiger partial charge is 0.249 e. The normalized spacial score (nSPS) is 19.7. The van der Waals surface area contributed by atoms with Crippen molar-refractivity contribution < 1.29 is 50.0 Å². The van der Waals surface area contributed by atoms with E-state index in [2.05, 4.69) is 19.2 Å². The molecule has 0 aromatic rings. The summed E-state index contributed by atoms with van der Waals surface area (Å²) in [5, 5.41) is 76.4. The topological polar surface area (TPSA) is 189 Å². The Morgan fingerprint density at radius 3 is 1.00 bits per heavy atom. The van der Waals surface area contributed by atoms with E-state index in [9.17, 15) is 40.5 Å². The van der Waals surface area contributed by atoms with Gasteiger partial charge >= 0.3 is 0 Å². The number of aliphatic hydroxyl groups is 7. The molecule has 0 aromatic heterocycles. The number of ether oxygens (including phenoxy) is 2. The maximum Gasteiger partial charge on any atom is 0.249 e. The van der Waals surface area contributed by atoms with Crippen LogP contribution in [0.15, 0.2) is 0 Å². The van der Waals surface area contributed by atoms with Crippen LogP contribution in [0.2, 0.25) is 0 Å². The molecule has 9 atom stereocenters. The second-order valence-corrected chi connectivity index (χ2v) is 23.2. The van der Waals surface area contributed by atoms with Gasteiger partial charge in [-0.2, -0.15) is 0 Å². The molecule has 1 saturated heterocycles. The largest absolute Gasteiger partial charge is 0.394 e. The fourth-order valence-corrected chi connectivity index (χ4v) is 10.9. The van der Waals surface area contributed by atoms with Crippen LogP contribution in [-0.4, -0.2) is 110 Å². The second kappa shape index (κ2) is 52.8. The number of hydrogen-bond donors (Lipinski definition) is 8. The average Bonchev–Trinajstić information content (AvgIpc) is 3.40. The lowest BCUT2D eigenvalue weighted by molar-refractivity contribution is -0.303. The van der Waals surface area contributed by atoms with Crippen LogP contribution in [0, 0.1) is 0 Å². The van der Waals surface area contributed by atoms with Crippen LogP contribution in [-0.2, 0) is 14.3 Å². The minimum Gasteiger partial charge on any atom is -0.394 e. The lowest BCUT2D eigenvalue weighted by atomic mass is 9.98. The van der Waals surface area contributed by atoms with Crippen molar-refractivity contribution in [3.05, 3.63) is 0 Å². The predicted molar refractivity (Wildman–Crippen MR) is 307 cm³/mol. The summed E-state index contributed by atoms with van der Waals surface area (Å²) < 4.78 is 11.2. The molecule has 1 rings (SSSR count). The molecule has 0 bridgehead atoms. The molecule has 1 amide bonds. The van der Waals surface area contributed by atoms with Gasteiger partial charge in [-0.1, -0.05) is 316 Å². The highest BCUT2D eigenvalue weighted by Crippen LogP contribution is 2.24. The number of carbonyl (C=O) groups excluding carboxylic acids is 1. The van der Waals surface area contributed by atoms with E-state index in [1.54, 1.807) is 0 Å². The summed E-state index contributed by atoms with van der Waals surface area (Å²) in [6, 6.07) is -1.16. The third-order valence-corrected chi connectivity index (χ3v) is 16.2. The lowest BCUT2D eigenvalue weighted by Gasteiger charge is -2.40. The summed E-state index contributed by atoms with van der Waals surface area (Å²) in [6.07, 6.45) is 50.2. The molecule has 0 spiro atoms. The zero-order valence-corrected chi connectivity index (χ0v) is 48.6. The van der Waals surface area contributed by atoms with Crippen molar-refractivity contribution in [1.29, 1.82) is 0 Å². The number of unbranched alkanes of at least 4 members (excludes halogenated alkanes) is 45. The minimum absolute atomic E-state index is 0.267. The first-order valence-electron chi connectivity index (χ1n) is 32.4. The summed E-state index contributed by atoms with van der Waals surface area (Å²) in [4.78, 5) is 13.2. The van der Waals surface area contributed by atoms with Gasteiger partial charge in [0.05, 0.1) is 25.4 Å². The van der Waals surface area contributed by atoms with Gasteiger partial charge in [-0.15, -0.1) is 0 Å². The number of carbonyl (C=O) groups is 1. The molecule has 1 aliphatic rings. The number of nitrogens with one attached hydrogen (secondary N) is 1. The van der Waals surface area contributed by atoms with Gasteiger partial charge in [-0.3, -0.25) is 4.79 Å². The summed E-state index contributed by atoms with van der Waals surface area (Å²) in [5.41, 5.74) is 0. The van der Waals surface area contributed by atoms with Gasteiger partial charge in [-0.25, -0.2) is 0 Å². The average molecular weight is 1060 g/mol. The molecular formula is C63H125NO10. The van der Waals surface area contributed by atoms with Crippen LogP contribution in [0.3, 0.4) is 0 Å². The Morgan fingerprint density at radius 1 is 0.419 bits per heavy atom. The Labute approximate surface area is 456 Å². The van der Waals surface area contributed by atoms with Gasteiger partial charge in [0.1, 0.15) is 36.6 Å². The van der Waals surface area contributed by atoms with Crippen molar-refractivity contribution in [3.63, 3.8) is 0 Å². The first-order chi connectivity index (χ1) is 36.2. The van der Waals surface area contributed by atoms with Crippen molar-refractivity contribution in [2.24, 2.45) is 0 Å². The van der Waals surface area contributed by atoms with Crippen molar-refractivity contribution in [3.8, 4) is 0 Å². The Hall–Kier alpha value is -0.890. The fourth-order valence-electron chi connectivity index (χ4n) is 10.9. The summed E-state index contributed by atoms with van der Waals surface area (Å²) in [7, 11) is 0. The van der Waals surface area contributed by atoms with Crippen molar-refractivity contribution in [2.45, 2.75) is 384 Å². The van der Waals surface area contributed by atoms with Gasteiger partial charge in [0, 0.05) is 0 Å². The second-order valence-electron chi connectivity index (χ2n) is 23.2. The molecule has 8 N–H and O–H groups in total. The molecule has 74 heavy (non-hydrogen) atoms. The molecule has 0 aliphatic carbocycles. The maximum atomic E-state index is 13.2. The maximum absolute atomic E-state index is 13.2. The summed E-state index contributed by atoms with van der Waals surface area (Å²) >= 11 is 0. The monoisotopic (exact) mass is 1060 g/mol. The van der Waals surface area contributed by atoms with Crippen LogP contribution >= 0.6 is 0 Å². The SMILES string of the molecule is CCCCCCCCCCCCCCCCCCCCCCCCCCCCCC(O)C(=O)NC(COC1OC(CO)C(O)C(O)C1O)C(O)C(O)CCCCCCCCCCCCCCCCCCCCCC. The Kier molecular flexibility index (Phi) is 50.7. The Bertz CT molecular complexity index is 1160. The van der Waals surface area contributed by atoms with Crippen molar-refractivity contribution in [1.82, 2.24) is 5.32 Å². The molecule has 9 unspecified atom stereocenters. The van der Waals surface area contributed by atoms with E-state index in [0.29, 0.717) is 19.3 Å². The van der Waals surface area contributed by atoms with Gasteiger partial charge in [0.2, 0.25) is 5.91 Å². The number of aliphatic hydroxyl groups excluding tert-OH is 7. The standard InChI is InChI=1S/C63H125NO10/c1-3-5-7-9-11-13-15-17-19-21-23-25-26-27-28-29-30-31-33-35-37-39-41-43-45-47-49-51-56(67)62(72)64-54(53-73-63-61(71)60(70)59(69)57(52-65)74-63)58(68)55(66)50-48-46-44-42-40-38-36-34-32-24-22-20-18-16-14-12-10-8-6-4-2/h54-61,63,65-71H,3-53H2,1-2H3,(H,64,72). The van der Waals surface area contributed by atoms with E-state index in [4.69, 9.17) is 9.47 Å². The Balaban J connectivity index is 2.22. The summed E-state index contributed by atoms with van der Waals surface area (Å²) in [6.45, 7) is 3.52. The molecule has 11 heteroatoms. The van der Waals surface area contributed by atoms with Crippen molar-refractivity contribution >= 4 is 5.91 Å². The van der Waals surface area contributed by atoms with E-state index >= 15 is 0 Å². The molecule has 0 radical (unpaired) electrons. The number of rotatable bonds is 57.